The van der Waals surface area contributed by atoms with E-state index in [1.54, 1.807) is 0 Å². The van der Waals surface area contributed by atoms with Gasteiger partial charge in [0.15, 0.2) is 5.78 Å². The third kappa shape index (κ3) is 7.44. The number of aliphatic hydroxyl groups is 1. The largest absolute Gasteiger partial charge is 0.453 e. The number of allylic oxidation sites excluding steroid dienone is 1. The zero-order valence-electron chi connectivity index (χ0n) is 26.4. The van der Waals surface area contributed by atoms with E-state index in [9.17, 15) is 36.1 Å². The second kappa shape index (κ2) is 13.5. The molecule has 43 heavy (non-hydrogen) atoms. The molecule has 3 fully saturated rings. The van der Waals surface area contributed by atoms with Gasteiger partial charge in [-0.2, -0.15) is 22.0 Å². The van der Waals surface area contributed by atoms with Gasteiger partial charge in [0.1, 0.15) is 0 Å². The molecule has 0 saturated heterocycles. The van der Waals surface area contributed by atoms with Crippen molar-refractivity contribution < 1.29 is 36.1 Å². The van der Waals surface area contributed by atoms with Crippen LogP contribution in [0.1, 0.15) is 130 Å². The van der Waals surface area contributed by atoms with Gasteiger partial charge in [0.2, 0.25) is 0 Å². The van der Waals surface area contributed by atoms with Crippen LogP contribution >= 0.6 is 0 Å². The lowest BCUT2D eigenvalue weighted by molar-refractivity contribution is -0.284. The number of carbonyl (C=O) groups is 1. The number of hydrogen-bond donors (Lipinski definition) is 1. The first-order valence-electron chi connectivity index (χ1n) is 16.8. The van der Waals surface area contributed by atoms with Crippen LogP contribution in [0, 0.1) is 34.5 Å². The molecule has 0 aromatic heterocycles. The number of alkyl halides is 5. The number of unbranched alkanes of at least 4 members (excludes halogenated alkanes) is 6. The maximum Gasteiger partial charge on any atom is 0.453 e. The Morgan fingerprint density at radius 3 is 2.14 bits per heavy atom. The van der Waals surface area contributed by atoms with Gasteiger partial charge in [-0.3, -0.25) is 9.00 Å². The van der Waals surface area contributed by atoms with E-state index in [2.05, 4.69) is 20.8 Å². The Bertz CT molecular complexity index is 1040. The van der Waals surface area contributed by atoms with Crippen LogP contribution in [0.5, 0.6) is 0 Å². The van der Waals surface area contributed by atoms with Gasteiger partial charge >= 0.3 is 12.1 Å². The minimum Gasteiger partial charge on any atom is -0.390 e. The molecule has 9 heteroatoms. The zero-order valence-corrected chi connectivity index (χ0v) is 27.2. The Hall–Kier alpha value is -0.830. The molecule has 1 N–H and O–H groups in total. The van der Waals surface area contributed by atoms with Crippen LogP contribution < -0.4 is 0 Å². The molecule has 0 aromatic rings. The second-order valence-electron chi connectivity index (χ2n) is 15.0. The summed E-state index contributed by atoms with van der Waals surface area (Å²) in [6.45, 7) is 6.80. The van der Waals surface area contributed by atoms with Gasteiger partial charge in [-0.05, 0) is 105 Å². The maximum atomic E-state index is 13.0. The third-order valence-electron chi connectivity index (χ3n) is 12.4. The summed E-state index contributed by atoms with van der Waals surface area (Å²) in [7, 11) is -1.36. The van der Waals surface area contributed by atoms with E-state index in [1.165, 1.54) is 5.57 Å². The first-order chi connectivity index (χ1) is 20.0. The summed E-state index contributed by atoms with van der Waals surface area (Å²) in [5.74, 6) is -1.91. The fourth-order valence-corrected chi connectivity index (χ4v) is 10.7. The molecule has 4 aliphatic carbocycles. The lowest BCUT2D eigenvalue weighted by atomic mass is 9.44. The van der Waals surface area contributed by atoms with Crippen molar-refractivity contribution in [2.24, 2.45) is 34.5 Å². The van der Waals surface area contributed by atoms with Crippen molar-refractivity contribution in [1.29, 1.82) is 0 Å². The number of halogens is 5. The maximum absolute atomic E-state index is 13.0. The standard InChI is InChI=1S/C34H53F5O3S/c1-30-17-13-26(40)23-25(30)22-24(29-27(30)14-18-31(2)28(29)15-19-32(31,3)41)12-9-7-5-4-6-8-10-20-43(42)21-11-16-33(35,36)34(37,38)39/h23-24,27-29,41H,4-22H2,1-3H3/t24?,27-,28-,29+,30-,31-,32-,43?/m0/s1. The van der Waals surface area contributed by atoms with Crippen molar-refractivity contribution in [3.05, 3.63) is 11.6 Å². The molecule has 0 spiro atoms. The van der Waals surface area contributed by atoms with E-state index in [-0.39, 0.29) is 22.4 Å². The fourth-order valence-electron chi connectivity index (χ4n) is 9.50. The predicted molar refractivity (Wildman–Crippen MR) is 161 cm³/mol. The van der Waals surface area contributed by atoms with Gasteiger partial charge in [0.25, 0.3) is 0 Å². The molecule has 4 aliphatic rings. The Morgan fingerprint density at radius 2 is 1.47 bits per heavy atom. The molecule has 2 unspecified atom stereocenters. The molecule has 0 radical (unpaired) electrons. The van der Waals surface area contributed by atoms with Gasteiger partial charge < -0.3 is 5.11 Å². The van der Waals surface area contributed by atoms with Crippen molar-refractivity contribution in [3.8, 4) is 0 Å². The molecule has 0 amide bonds. The van der Waals surface area contributed by atoms with Gasteiger partial charge in [-0.1, -0.05) is 57.9 Å². The summed E-state index contributed by atoms with van der Waals surface area (Å²) < 4.78 is 74.7. The van der Waals surface area contributed by atoms with Crippen LogP contribution in [0.3, 0.4) is 0 Å². The highest BCUT2D eigenvalue weighted by Crippen LogP contribution is 2.69. The topological polar surface area (TPSA) is 54.4 Å². The summed E-state index contributed by atoms with van der Waals surface area (Å²) in [5, 5.41) is 11.4. The van der Waals surface area contributed by atoms with Crippen LogP contribution in [0.2, 0.25) is 0 Å². The summed E-state index contributed by atoms with van der Waals surface area (Å²) in [5.41, 5.74) is 0.852. The van der Waals surface area contributed by atoms with E-state index in [0.29, 0.717) is 42.3 Å². The Labute approximate surface area is 257 Å². The number of carbonyl (C=O) groups excluding carboxylic acids is 1. The number of hydrogen-bond acceptors (Lipinski definition) is 3. The Kier molecular flexibility index (Phi) is 11.0. The highest BCUT2D eigenvalue weighted by Gasteiger charge is 2.64. The lowest BCUT2D eigenvalue weighted by Gasteiger charge is -2.61. The molecule has 0 heterocycles. The molecule has 0 bridgehead atoms. The van der Waals surface area contributed by atoms with Gasteiger partial charge in [0, 0.05) is 35.1 Å². The minimum absolute atomic E-state index is 0.0354. The molecule has 0 aromatic carbocycles. The molecule has 8 atom stereocenters. The highest BCUT2D eigenvalue weighted by atomic mass is 32.2. The van der Waals surface area contributed by atoms with Crippen molar-refractivity contribution in [1.82, 2.24) is 0 Å². The second-order valence-corrected chi connectivity index (χ2v) is 16.7. The summed E-state index contributed by atoms with van der Waals surface area (Å²) in [6, 6.07) is 0. The van der Waals surface area contributed by atoms with Gasteiger partial charge in [-0.15, -0.1) is 0 Å². The van der Waals surface area contributed by atoms with E-state index >= 15 is 0 Å². The minimum atomic E-state index is -5.54. The van der Waals surface area contributed by atoms with Crippen LogP contribution in [0.4, 0.5) is 22.0 Å². The van der Waals surface area contributed by atoms with Crippen molar-refractivity contribution in [2.75, 3.05) is 11.5 Å². The van der Waals surface area contributed by atoms with E-state index < -0.39 is 41.3 Å². The normalized spacial score (nSPS) is 37.0. The van der Waals surface area contributed by atoms with Crippen molar-refractivity contribution in [2.45, 2.75) is 148 Å². The summed E-state index contributed by atoms with van der Waals surface area (Å²) in [6.07, 6.45) is 9.78. The average molecular weight is 637 g/mol. The molecular weight excluding hydrogens is 583 g/mol. The van der Waals surface area contributed by atoms with Crippen LogP contribution in [-0.2, 0) is 15.6 Å². The fraction of sp³-hybridized carbons (Fsp3) is 0.912. The number of ketones is 1. The highest BCUT2D eigenvalue weighted by molar-refractivity contribution is 7.84. The van der Waals surface area contributed by atoms with E-state index in [4.69, 9.17) is 0 Å². The van der Waals surface area contributed by atoms with E-state index in [0.717, 1.165) is 83.5 Å². The predicted octanol–water partition coefficient (Wildman–Crippen LogP) is 9.34. The number of fused-ring (bicyclic) bond motifs is 5. The van der Waals surface area contributed by atoms with Crippen molar-refractivity contribution >= 4 is 16.6 Å². The van der Waals surface area contributed by atoms with Crippen LogP contribution in [0.15, 0.2) is 11.6 Å². The first-order valence-corrected chi connectivity index (χ1v) is 18.3. The molecule has 3 saturated carbocycles. The monoisotopic (exact) mass is 636 g/mol. The Morgan fingerprint density at radius 1 is 0.860 bits per heavy atom. The first kappa shape index (κ1) is 35.0. The molecule has 248 valence electrons. The SMILES string of the molecule is C[C@]12CCC(=O)C=C1CC(CCCCCCCCCS(=O)CCCC(F)(F)C(F)(F)F)[C@@H]1[C@@H]2CC[C@@]2(C)[C@H]1CC[C@]2(C)O. The summed E-state index contributed by atoms with van der Waals surface area (Å²) >= 11 is 0. The molecule has 3 nitrogen and oxygen atoms in total. The van der Waals surface area contributed by atoms with Crippen molar-refractivity contribution in [3.63, 3.8) is 0 Å². The quantitative estimate of drug-likeness (QED) is 0.153. The molecule has 4 rings (SSSR count). The third-order valence-corrected chi connectivity index (χ3v) is 13.9. The van der Waals surface area contributed by atoms with E-state index in [1.807, 2.05) is 6.08 Å². The smallest absolute Gasteiger partial charge is 0.390 e. The Balaban J connectivity index is 1.19. The average Bonchev–Trinajstić information content (AvgIpc) is 3.16. The van der Waals surface area contributed by atoms with Gasteiger partial charge in [-0.25, -0.2) is 0 Å². The lowest BCUT2D eigenvalue weighted by Crippen LogP contribution is -2.56. The van der Waals surface area contributed by atoms with Crippen LogP contribution in [0.25, 0.3) is 0 Å². The number of rotatable bonds is 14. The molecule has 0 aliphatic heterocycles. The van der Waals surface area contributed by atoms with Crippen LogP contribution in [-0.4, -0.2) is 44.3 Å². The molecular formula is C34H53F5O3S. The summed E-state index contributed by atoms with van der Waals surface area (Å²) in [4.78, 5) is 12.4. The van der Waals surface area contributed by atoms with Gasteiger partial charge in [0.05, 0.1) is 5.60 Å². The zero-order chi connectivity index (χ0) is 31.7.